The summed E-state index contributed by atoms with van der Waals surface area (Å²) in [6, 6.07) is 11.6. The number of alkyl halides is 3. The summed E-state index contributed by atoms with van der Waals surface area (Å²) < 4.78 is 68.5. The first-order chi connectivity index (χ1) is 17.7. The van der Waals surface area contributed by atoms with Crippen LogP contribution in [0.1, 0.15) is 18.5 Å². The van der Waals surface area contributed by atoms with Crippen LogP contribution in [0.2, 0.25) is 0 Å². The number of carbonyl (C=O) groups is 1. The number of nitrogens with zero attached hydrogens (tertiary/aromatic N) is 3. The van der Waals surface area contributed by atoms with Crippen molar-refractivity contribution in [2.24, 2.45) is 0 Å². The summed E-state index contributed by atoms with van der Waals surface area (Å²) in [6.07, 6.45) is 5.74. The quantitative estimate of drug-likeness (QED) is 0.362. The summed E-state index contributed by atoms with van der Waals surface area (Å²) in [5, 5.41) is 2.79. The maximum Gasteiger partial charge on any atom is 0.573 e. The lowest BCUT2D eigenvalue weighted by molar-refractivity contribution is -0.274. The fraction of sp³-hybridized carbons (Fsp3) is 0.240. The van der Waals surface area contributed by atoms with E-state index in [2.05, 4.69) is 32.9 Å². The number of halogens is 4. The van der Waals surface area contributed by atoms with E-state index in [1.54, 1.807) is 10.4 Å². The molecule has 4 rings (SSSR count). The Hall–Kier alpha value is -3.82. The van der Waals surface area contributed by atoms with Gasteiger partial charge in [0.25, 0.3) is 0 Å². The van der Waals surface area contributed by atoms with Crippen molar-refractivity contribution in [3.05, 3.63) is 72.4 Å². The molecule has 194 valence electrons. The molecule has 7 nitrogen and oxygen atoms in total. The van der Waals surface area contributed by atoms with Gasteiger partial charge in [-0.15, -0.1) is 26.0 Å². The molecule has 0 radical (unpaired) electrons. The monoisotopic (exact) mass is 534 g/mol. The van der Waals surface area contributed by atoms with Crippen LogP contribution in [0.4, 0.5) is 17.6 Å². The number of ether oxygens (including phenoxy) is 1. The first-order valence-corrected chi connectivity index (χ1v) is 12.0. The second kappa shape index (κ2) is 12.4. The Kier molecular flexibility index (Phi) is 9.32. The number of hydrogen-bond donors (Lipinski definition) is 1. The van der Waals surface area contributed by atoms with Crippen molar-refractivity contribution in [3.8, 4) is 29.9 Å². The number of aromatic nitrogens is 2. The molecule has 1 saturated heterocycles. The molecule has 1 unspecified atom stereocenters. The molecule has 3 aromatic rings. The van der Waals surface area contributed by atoms with E-state index in [0.717, 1.165) is 0 Å². The molecule has 1 fully saturated rings. The highest BCUT2D eigenvalue weighted by Gasteiger charge is 2.35. The molecular weight excluding hydrogens is 512 g/mol. The van der Waals surface area contributed by atoms with Crippen molar-refractivity contribution in [1.29, 1.82) is 0 Å². The van der Waals surface area contributed by atoms with E-state index in [1.165, 1.54) is 54.9 Å². The number of benzene rings is 2. The molecule has 1 N–H and O–H groups in total. The summed E-state index contributed by atoms with van der Waals surface area (Å²) >= 11 is 0. The standard InChI is InChI=1S/C23H20F4N4O3S.C2H2/c24-16-5-9-19(10-6-16)35(33)31-11-1-2-21(31)22(32)28-13-17-12-20(30-14-29-17)15-3-7-18(8-4-15)34-23(25,26)27;1-2/h3-10,12,14,21H,1-2,11,13H2,(H,28,32);1-2H/t21-,35?;/m0./s1. The summed E-state index contributed by atoms with van der Waals surface area (Å²) in [4.78, 5) is 21.5. The highest BCUT2D eigenvalue weighted by Crippen LogP contribution is 2.26. The van der Waals surface area contributed by atoms with E-state index in [9.17, 15) is 26.6 Å². The molecule has 0 bridgehead atoms. The Bertz CT molecular complexity index is 1250. The number of amides is 1. The number of rotatable bonds is 7. The maximum atomic E-state index is 13.2. The Morgan fingerprint density at radius 2 is 1.78 bits per heavy atom. The van der Waals surface area contributed by atoms with Crippen molar-refractivity contribution in [3.63, 3.8) is 0 Å². The van der Waals surface area contributed by atoms with Crippen LogP contribution in [0.3, 0.4) is 0 Å². The number of hydrogen-bond acceptors (Lipinski definition) is 5. The predicted octanol–water partition coefficient (Wildman–Crippen LogP) is 4.23. The Morgan fingerprint density at radius 1 is 1.11 bits per heavy atom. The average Bonchev–Trinajstić information content (AvgIpc) is 3.38. The lowest BCUT2D eigenvalue weighted by atomic mass is 10.1. The summed E-state index contributed by atoms with van der Waals surface area (Å²) in [7, 11) is -1.60. The van der Waals surface area contributed by atoms with Gasteiger partial charge in [-0.2, -0.15) is 0 Å². The van der Waals surface area contributed by atoms with Gasteiger partial charge >= 0.3 is 6.36 Å². The van der Waals surface area contributed by atoms with E-state index in [4.69, 9.17) is 0 Å². The minimum Gasteiger partial charge on any atom is -0.406 e. The number of carbonyl (C=O) groups excluding carboxylic acids is 1. The molecule has 12 heteroatoms. The third-order valence-electron chi connectivity index (χ3n) is 5.29. The smallest absolute Gasteiger partial charge is 0.406 e. The molecule has 1 aromatic heterocycles. The lowest BCUT2D eigenvalue weighted by Crippen LogP contribution is -2.43. The van der Waals surface area contributed by atoms with Crippen LogP contribution in [0.25, 0.3) is 11.3 Å². The highest BCUT2D eigenvalue weighted by molar-refractivity contribution is 7.82. The van der Waals surface area contributed by atoms with E-state index < -0.39 is 29.2 Å². The van der Waals surface area contributed by atoms with Gasteiger partial charge in [0.2, 0.25) is 5.91 Å². The molecule has 2 aromatic carbocycles. The zero-order chi connectivity index (χ0) is 27.0. The Labute approximate surface area is 213 Å². The van der Waals surface area contributed by atoms with Gasteiger partial charge in [0, 0.05) is 12.1 Å². The van der Waals surface area contributed by atoms with E-state index in [0.29, 0.717) is 41.2 Å². The van der Waals surface area contributed by atoms with Crippen LogP contribution in [0, 0.1) is 18.7 Å². The minimum absolute atomic E-state index is 0.0805. The van der Waals surface area contributed by atoms with Crippen LogP contribution < -0.4 is 10.1 Å². The second-order valence-electron chi connectivity index (χ2n) is 7.69. The maximum absolute atomic E-state index is 13.2. The average molecular weight is 535 g/mol. The molecule has 1 amide bonds. The molecule has 1 aliphatic heterocycles. The van der Waals surface area contributed by atoms with Crippen molar-refractivity contribution < 1.29 is 31.3 Å². The summed E-state index contributed by atoms with van der Waals surface area (Å²) in [6.45, 7) is 0.547. The Morgan fingerprint density at radius 3 is 2.43 bits per heavy atom. The zero-order valence-corrected chi connectivity index (χ0v) is 20.1. The molecule has 0 spiro atoms. The third kappa shape index (κ3) is 7.58. The van der Waals surface area contributed by atoms with Gasteiger partial charge in [-0.1, -0.05) is 0 Å². The van der Waals surface area contributed by atoms with Crippen LogP contribution >= 0.6 is 0 Å². The van der Waals surface area contributed by atoms with Crippen molar-refractivity contribution in [2.45, 2.75) is 36.7 Å². The fourth-order valence-corrected chi connectivity index (χ4v) is 5.03. The van der Waals surface area contributed by atoms with Crippen molar-refractivity contribution >= 4 is 16.9 Å². The van der Waals surface area contributed by atoms with Crippen LogP contribution in [0.5, 0.6) is 5.75 Å². The SMILES string of the molecule is C#C.O=C(NCc1cc(-c2ccc(OC(F)(F)F)cc2)ncn1)[C@@H]1CCCN1S(=O)c1ccc(F)cc1. The first-order valence-electron chi connectivity index (χ1n) is 10.9. The molecule has 2 heterocycles. The summed E-state index contributed by atoms with van der Waals surface area (Å²) in [5.41, 5.74) is 1.50. The lowest BCUT2D eigenvalue weighted by Gasteiger charge is -2.22. The molecular formula is C25H22F4N4O3S. The fourth-order valence-electron chi connectivity index (χ4n) is 3.66. The Balaban J connectivity index is 0.00000186. The van der Waals surface area contributed by atoms with Gasteiger partial charge in [0.05, 0.1) is 22.8 Å². The van der Waals surface area contributed by atoms with Gasteiger partial charge in [0.15, 0.2) is 0 Å². The topological polar surface area (TPSA) is 84.4 Å². The van der Waals surface area contributed by atoms with Crippen LogP contribution in [-0.4, -0.2) is 43.3 Å². The van der Waals surface area contributed by atoms with E-state index in [-0.39, 0.29) is 18.2 Å². The van der Waals surface area contributed by atoms with E-state index in [1.807, 2.05) is 0 Å². The largest absolute Gasteiger partial charge is 0.573 e. The van der Waals surface area contributed by atoms with Gasteiger partial charge in [-0.05, 0) is 67.4 Å². The predicted molar refractivity (Wildman–Crippen MR) is 128 cm³/mol. The molecule has 0 saturated carbocycles. The zero-order valence-electron chi connectivity index (χ0n) is 19.3. The molecule has 1 aliphatic rings. The molecule has 0 aliphatic carbocycles. The second-order valence-corrected chi connectivity index (χ2v) is 9.13. The van der Waals surface area contributed by atoms with Gasteiger partial charge in [-0.25, -0.2) is 22.9 Å². The number of terminal acetylenes is 1. The van der Waals surface area contributed by atoms with Crippen molar-refractivity contribution in [2.75, 3.05) is 6.54 Å². The third-order valence-corrected chi connectivity index (χ3v) is 6.82. The van der Waals surface area contributed by atoms with Gasteiger partial charge in [-0.3, -0.25) is 4.79 Å². The van der Waals surface area contributed by atoms with Gasteiger partial charge in [0.1, 0.15) is 34.9 Å². The highest BCUT2D eigenvalue weighted by atomic mass is 32.2. The minimum atomic E-state index is -4.78. The van der Waals surface area contributed by atoms with Crippen LogP contribution in [0.15, 0.2) is 65.8 Å². The molecule has 2 atom stereocenters. The van der Waals surface area contributed by atoms with E-state index >= 15 is 0 Å². The summed E-state index contributed by atoms with van der Waals surface area (Å²) in [5.74, 6) is -1.09. The first kappa shape index (κ1) is 27.8. The molecule has 37 heavy (non-hydrogen) atoms. The van der Waals surface area contributed by atoms with Crippen molar-refractivity contribution in [1.82, 2.24) is 19.6 Å². The van der Waals surface area contributed by atoms with Crippen LogP contribution in [-0.2, 0) is 22.3 Å². The normalized spacial score (nSPS) is 16.3. The number of nitrogens with one attached hydrogen (secondary N) is 1. The van der Waals surface area contributed by atoms with Gasteiger partial charge < -0.3 is 10.1 Å².